The summed E-state index contributed by atoms with van der Waals surface area (Å²) >= 11 is 0. The Balaban J connectivity index is 0.00000320. The first-order chi connectivity index (χ1) is 16.5. The zero-order chi connectivity index (χ0) is 26.7. The summed E-state index contributed by atoms with van der Waals surface area (Å²) in [4.78, 5) is 25.3. The summed E-state index contributed by atoms with van der Waals surface area (Å²) in [5.74, 6) is -1.71. The number of aliphatic hydroxyl groups excluding tert-OH is 2. The Morgan fingerprint density at radius 1 is 0.838 bits per heavy atom. The topological polar surface area (TPSA) is 115 Å². The number of carboxylic acids is 2. The normalized spacial score (nSPS) is 52.2. The molecule has 0 amide bonds. The van der Waals surface area contributed by atoms with Gasteiger partial charge in [0.1, 0.15) is 0 Å². The van der Waals surface area contributed by atoms with Gasteiger partial charge in [-0.25, -0.2) is 0 Å². The molecule has 0 bridgehead atoms. The maximum Gasteiger partial charge on any atom is 1.00 e. The van der Waals surface area contributed by atoms with Crippen molar-refractivity contribution >= 4 is 11.9 Å². The second-order valence-corrected chi connectivity index (χ2v) is 15.0. The zero-order valence-corrected chi connectivity index (χ0v) is 25.9. The monoisotopic (exact) mass is 525 g/mol. The first-order valence-electron chi connectivity index (χ1n) is 14.0. The van der Waals surface area contributed by atoms with E-state index in [1.54, 1.807) is 6.92 Å². The summed E-state index contributed by atoms with van der Waals surface area (Å²) in [5, 5.41) is 42.6. The molecule has 4 fully saturated rings. The quantitative estimate of drug-likeness (QED) is 0.325. The predicted octanol–water partition coefficient (Wildman–Crippen LogP) is 2.27. The van der Waals surface area contributed by atoms with E-state index in [1.165, 1.54) is 5.57 Å². The Morgan fingerprint density at radius 3 is 2.05 bits per heavy atom. The second-order valence-electron chi connectivity index (χ2n) is 15.0. The molecule has 10 atom stereocenters. The van der Waals surface area contributed by atoms with Gasteiger partial charge in [-0.3, -0.25) is 9.59 Å². The Labute approximate surface area is 244 Å². The number of carboxylic acid groups (broad SMARTS) is 2. The molecule has 5 aliphatic carbocycles. The third kappa shape index (κ3) is 3.60. The van der Waals surface area contributed by atoms with Gasteiger partial charge in [0.15, 0.2) is 0 Å². The zero-order valence-electron chi connectivity index (χ0n) is 23.9. The molecule has 0 spiro atoms. The van der Waals surface area contributed by atoms with Crippen molar-refractivity contribution in [1.82, 2.24) is 0 Å². The van der Waals surface area contributed by atoms with Crippen molar-refractivity contribution in [3.63, 3.8) is 0 Å². The summed E-state index contributed by atoms with van der Waals surface area (Å²) in [6.45, 7) is 13.0. The maximum atomic E-state index is 12.8. The van der Waals surface area contributed by atoms with E-state index in [0.717, 1.165) is 38.5 Å². The summed E-state index contributed by atoms with van der Waals surface area (Å²) < 4.78 is 0. The molecule has 0 aromatic carbocycles. The number of hydrogen-bond acceptors (Lipinski definition) is 4. The van der Waals surface area contributed by atoms with Crippen molar-refractivity contribution in [3.05, 3.63) is 11.6 Å². The molecule has 0 radical (unpaired) electrons. The second kappa shape index (κ2) is 8.80. The van der Waals surface area contributed by atoms with Crippen molar-refractivity contribution in [2.24, 2.45) is 50.2 Å². The number of aliphatic carboxylic acids is 2. The molecule has 4 unspecified atom stereocenters. The number of carbonyl (C=O) groups is 2. The van der Waals surface area contributed by atoms with Gasteiger partial charge in [0.05, 0.1) is 23.0 Å². The largest absolute Gasteiger partial charge is 1.00 e. The van der Waals surface area contributed by atoms with Crippen LogP contribution in [0.4, 0.5) is 0 Å². The van der Waals surface area contributed by atoms with E-state index < -0.39 is 40.4 Å². The molecular weight excluding hydrogens is 479 g/mol. The molecular formula is C30H46NaO6+. The molecule has 0 aromatic rings. The van der Waals surface area contributed by atoms with Crippen LogP contribution in [0.15, 0.2) is 11.6 Å². The van der Waals surface area contributed by atoms with Gasteiger partial charge in [-0.05, 0) is 104 Å². The van der Waals surface area contributed by atoms with Gasteiger partial charge in [-0.1, -0.05) is 46.3 Å². The van der Waals surface area contributed by atoms with Crippen LogP contribution in [0.5, 0.6) is 0 Å². The fraction of sp³-hybridized carbons (Fsp3) is 0.867. The van der Waals surface area contributed by atoms with E-state index in [9.17, 15) is 30.0 Å². The number of allylic oxidation sites excluding steroid dienone is 2. The van der Waals surface area contributed by atoms with E-state index >= 15 is 0 Å². The average molecular weight is 526 g/mol. The Hall–Kier alpha value is -0.400. The van der Waals surface area contributed by atoms with E-state index in [0.29, 0.717) is 19.3 Å². The maximum absolute atomic E-state index is 12.8. The van der Waals surface area contributed by atoms with Gasteiger partial charge >= 0.3 is 41.5 Å². The number of fused-ring (bicyclic) bond motifs is 7. The van der Waals surface area contributed by atoms with Crippen LogP contribution in [-0.2, 0) is 9.59 Å². The third-order valence-corrected chi connectivity index (χ3v) is 13.1. The van der Waals surface area contributed by atoms with Gasteiger partial charge < -0.3 is 20.4 Å². The SMILES string of the molecule is CC1(C)CCC2(C(=O)O)CC[C@]3(C)C(=CCC4[C@@]5(C)C[C@H](O)C(O)[C@@](C)(C(=O)O)C5CC[C@]43C)[C@@H]2C1.[Na+]. The first-order valence-corrected chi connectivity index (χ1v) is 14.0. The van der Waals surface area contributed by atoms with Gasteiger partial charge in [0.2, 0.25) is 0 Å². The Bertz CT molecular complexity index is 1020. The molecule has 5 aliphatic rings. The van der Waals surface area contributed by atoms with Crippen LogP contribution in [0.2, 0.25) is 0 Å². The van der Waals surface area contributed by atoms with Crippen molar-refractivity contribution in [1.29, 1.82) is 0 Å². The standard InChI is InChI=1S/C30H46O6.Na/c1-25(2)11-13-30(24(35)36)14-12-27(4)17(18(30)15-25)7-8-20-26(3)16-19(31)22(32)29(6,23(33)34)21(26)9-10-28(20,27)5;/h7,18-22,31-32H,8-16H2,1-6H3,(H,33,34)(H,35,36);/q;+1/t18-,19-,20?,21?,22?,26+,27+,28+,29-,30?;/m0./s1. The van der Waals surface area contributed by atoms with Crippen LogP contribution in [0.1, 0.15) is 99.3 Å². The number of hydrogen-bond donors (Lipinski definition) is 4. The van der Waals surface area contributed by atoms with Gasteiger partial charge in [-0.2, -0.15) is 0 Å². The molecule has 0 aliphatic heterocycles. The van der Waals surface area contributed by atoms with E-state index in [4.69, 9.17) is 0 Å². The summed E-state index contributed by atoms with van der Waals surface area (Å²) in [7, 11) is 0. The molecule has 5 rings (SSSR count). The van der Waals surface area contributed by atoms with Gasteiger partial charge in [0.25, 0.3) is 0 Å². The van der Waals surface area contributed by atoms with Crippen LogP contribution in [-0.4, -0.2) is 44.6 Å². The molecule has 4 saturated carbocycles. The van der Waals surface area contributed by atoms with E-state index in [2.05, 4.69) is 40.7 Å². The molecule has 202 valence electrons. The van der Waals surface area contributed by atoms with Crippen LogP contribution in [0.25, 0.3) is 0 Å². The van der Waals surface area contributed by atoms with Crippen molar-refractivity contribution < 1.29 is 59.6 Å². The number of aliphatic hydroxyl groups is 2. The molecule has 0 saturated heterocycles. The average Bonchev–Trinajstić information content (AvgIpc) is 2.77. The molecule has 4 N–H and O–H groups in total. The smallest absolute Gasteiger partial charge is 0.481 e. The minimum atomic E-state index is -1.39. The fourth-order valence-electron chi connectivity index (χ4n) is 10.7. The van der Waals surface area contributed by atoms with Crippen LogP contribution >= 0.6 is 0 Å². The van der Waals surface area contributed by atoms with Crippen LogP contribution in [0, 0.1) is 50.2 Å². The van der Waals surface area contributed by atoms with Gasteiger partial charge in [0, 0.05) is 0 Å². The van der Waals surface area contributed by atoms with Gasteiger partial charge in [-0.15, -0.1) is 0 Å². The van der Waals surface area contributed by atoms with Crippen molar-refractivity contribution in [2.75, 3.05) is 0 Å². The fourth-order valence-corrected chi connectivity index (χ4v) is 10.7. The molecule has 7 heteroatoms. The van der Waals surface area contributed by atoms with Crippen LogP contribution in [0.3, 0.4) is 0 Å². The van der Waals surface area contributed by atoms with Crippen molar-refractivity contribution in [2.45, 2.75) is 112 Å². The summed E-state index contributed by atoms with van der Waals surface area (Å²) in [6, 6.07) is 0. The molecule has 6 nitrogen and oxygen atoms in total. The Morgan fingerprint density at radius 2 is 1.46 bits per heavy atom. The van der Waals surface area contributed by atoms with E-state index in [1.807, 2.05) is 0 Å². The Kier molecular flexibility index (Phi) is 7.03. The molecule has 37 heavy (non-hydrogen) atoms. The summed E-state index contributed by atoms with van der Waals surface area (Å²) in [5.41, 5.74) is -1.36. The number of rotatable bonds is 2. The van der Waals surface area contributed by atoms with Crippen LogP contribution < -0.4 is 29.6 Å². The first kappa shape index (κ1) is 29.6. The molecule has 0 aromatic heterocycles. The molecule has 0 heterocycles. The third-order valence-electron chi connectivity index (χ3n) is 13.1. The van der Waals surface area contributed by atoms with Crippen molar-refractivity contribution in [3.8, 4) is 0 Å². The minimum absolute atomic E-state index is 0. The predicted molar refractivity (Wildman–Crippen MR) is 136 cm³/mol. The van der Waals surface area contributed by atoms with E-state index in [-0.39, 0.29) is 63.6 Å². The minimum Gasteiger partial charge on any atom is -0.481 e. The summed E-state index contributed by atoms with van der Waals surface area (Å²) in [6.07, 6.45) is 6.80.